The lowest BCUT2D eigenvalue weighted by atomic mass is 9.91. The maximum Gasteiger partial charge on any atom is 0.251 e. The van der Waals surface area contributed by atoms with E-state index in [1.807, 2.05) is 30.8 Å². The average molecular weight is 352 g/mol. The molecule has 0 radical (unpaired) electrons. The number of fused-ring (bicyclic) bond motifs is 1. The fourth-order valence-corrected chi connectivity index (χ4v) is 3.99. The summed E-state index contributed by atoms with van der Waals surface area (Å²) >= 11 is 0. The minimum absolute atomic E-state index is 0.0174. The summed E-state index contributed by atoms with van der Waals surface area (Å²) in [5.41, 5.74) is 5.49. The van der Waals surface area contributed by atoms with E-state index in [9.17, 15) is 4.79 Å². The molecule has 2 aliphatic rings. The van der Waals surface area contributed by atoms with E-state index in [0.29, 0.717) is 6.54 Å². The summed E-state index contributed by atoms with van der Waals surface area (Å²) < 4.78 is 1.83. The smallest absolute Gasteiger partial charge is 0.251 e. The molecular formula is C21H28N4O. The Morgan fingerprint density at radius 3 is 2.62 bits per heavy atom. The Morgan fingerprint density at radius 1 is 1.19 bits per heavy atom. The Kier molecular flexibility index (Phi) is 4.81. The van der Waals surface area contributed by atoms with Crippen molar-refractivity contribution in [3.8, 4) is 0 Å². The van der Waals surface area contributed by atoms with E-state index < -0.39 is 0 Å². The number of rotatable bonds is 4. The number of nitrogens with one attached hydrogen (secondary N) is 1. The van der Waals surface area contributed by atoms with Crippen LogP contribution < -0.4 is 5.32 Å². The molecule has 0 bridgehead atoms. The highest BCUT2D eigenvalue weighted by molar-refractivity contribution is 5.94. The molecule has 1 aliphatic heterocycles. The third kappa shape index (κ3) is 3.54. The van der Waals surface area contributed by atoms with Gasteiger partial charge in [0.25, 0.3) is 5.91 Å². The van der Waals surface area contributed by atoms with Crippen LogP contribution in [0.15, 0.2) is 24.3 Å². The van der Waals surface area contributed by atoms with Crippen LogP contribution >= 0.6 is 0 Å². The number of carbonyl (C=O) groups is 1. The predicted octanol–water partition coefficient (Wildman–Crippen LogP) is 2.61. The van der Waals surface area contributed by atoms with E-state index in [-0.39, 0.29) is 5.91 Å². The molecule has 5 nitrogen and oxygen atoms in total. The highest BCUT2D eigenvalue weighted by atomic mass is 16.1. The first-order chi connectivity index (χ1) is 12.6. The van der Waals surface area contributed by atoms with E-state index in [2.05, 4.69) is 27.4 Å². The molecule has 0 unspecified atom stereocenters. The van der Waals surface area contributed by atoms with Gasteiger partial charge in [0.15, 0.2) is 0 Å². The highest BCUT2D eigenvalue weighted by Crippen LogP contribution is 2.27. The normalized spacial score (nSPS) is 18.1. The van der Waals surface area contributed by atoms with Gasteiger partial charge in [0.2, 0.25) is 0 Å². The van der Waals surface area contributed by atoms with Crippen molar-refractivity contribution >= 4 is 5.91 Å². The van der Waals surface area contributed by atoms with Crippen molar-refractivity contribution in [3.63, 3.8) is 0 Å². The number of aromatic nitrogens is 2. The lowest BCUT2D eigenvalue weighted by Crippen LogP contribution is -2.41. The molecule has 26 heavy (non-hydrogen) atoms. The Hall–Kier alpha value is -2.14. The third-order valence-corrected chi connectivity index (χ3v) is 5.99. The van der Waals surface area contributed by atoms with Crippen LogP contribution in [0.3, 0.4) is 0 Å². The summed E-state index contributed by atoms with van der Waals surface area (Å²) in [5.74, 6) is -0.0174. The fourth-order valence-electron chi connectivity index (χ4n) is 3.99. The van der Waals surface area contributed by atoms with Gasteiger partial charge in [-0.2, -0.15) is 5.10 Å². The van der Waals surface area contributed by atoms with Crippen molar-refractivity contribution in [2.45, 2.75) is 51.6 Å². The lowest BCUT2D eigenvalue weighted by molar-refractivity contribution is 0.0950. The van der Waals surface area contributed by atoms with Crippen LogP contribution in [0.4, 0.5) is 0 Å². The molecule has 1 fully saturated rings. The summed E-state index contributed by atoms with van der Waals surface area (Å²) in [6.45, 7) is 4.75. The van der Waals surface area contributed by atoms with E-state index in [1.54, 1.807) is 0 Å². The predicted molar refractivity (Wildman–Crippen MR) is 102 cm³/mol. The molecule has 2 aromatic rings. The Morgan fingerprint density at radius 2 is 1.96 bits per heavy atom. The molecule has 5 heteroatoms. The van der Waals surface area contributed by atoms with E-state index in [1.165, 1.54) is 30.4 Å². The van der Waals surface area contributed by atoms with Crippen LogP contribution in [-0.2, 0) is 26.4 Å². The van der Waals surface area contributed by atoms with Gasteiger partial charge in [-0.05, 0) is 61.9 Å². The highest BCUT2D eigenvalue weighted by Gasteiger charge is 2.26. The molecule has 2 heterocycles. The second-order valence-corrected chi connectivity index (χ2v) is 7.69. The molecule has 1 aromatic heterocycles. The first-order valence-electron chi connectivity index (χ1n) is 9.74. The Labute approximate surface area is 155 Å². The van der Waals surface area contributed by atoms with Crippen molar-refractivity contribution in [1.82, 2.24) is 20.0 Å². The Balaban J connectivity index is 1.40. The van der Waals surface area contributed by atoms with Crippen molar-refractivity contribution in [2.24, 2.45) is 7.05 Å². The van der Waals surface area contributed by atoms with Gasteiger partial charge >= 0.3 is 0 Å². The largest absolute Gasteiger partial charge is 0.346 e. The first-order valence-corrected chi connectivity index (χ1v) is 9.74. The number of aryl methyl sites for hydroxylation is 2. The van der Waals surface area contributed by atoms with Gasteiger partial charge in [-0.15, -0.1) is 0 Å². The summed E-state index contributed by atoms with van der Waals surface area (Å²) in [4.78, 5) is 15.2. The fraction of sp³-hybridized carbons (Fsp3) is 0.524. The number of carbonyl (C=O) groups excluding carboxylic acids is 1. The molecule has 1 aliphatic carbocycles. The molecule has 1 amide bonds. The lowest BCUT2D eigenvalue weighted by Gasteiger charge is -2.36. The van der Waals surface area contributed by atoms with Crippen LogP contribution in [0.2, 0.25) is 0 Å². The first kappa shape index (κ1) is 17.3. The van der Waals surface area contributed by atoms with Crippen LogP contribution in [0.1, 0.15) is 52.1 Å². The molecule has 0 saturated heterocycles. The SMILES string of the molecule is Cc1cc(CNC(=O)c2ccc3c(c2)CCN(C2CCC2)CC3)nn1C. The summed E-state index contributed by atoms with van der Waals surface area (Å²) in [7, 11) is 1.92. The number of amides is 1. The maximum absolute atomic E-state index is 12.6. The van der Waals surface area contributed by atoms with Crippen molar-refractivity contribution < 1.29 is 4.79 Å². The van der Waals surface area contributed by atoms with Gasteiger partial charge < -0.3 is 5.32 Å². The number of benzene rings is 1. The van der Waals surface area contributed by atoms with Crippen molar-refractivity contribution in [3.05, 3.63) is 52.3 Å². The summed E-state index contributed by atoms with van der Waals surface area (Å²) in [6.07, 6.45) is 6.25. The molecule has 0 atom stereocenters. The molecule has 1 aromatic carbocycles. The minimum Gasteiger partial charge on any atom is -0.346 e. The van der Waals surface area contributed by atoms with Gasteiger partial charge in [0, 0.05) is 37.4 Å². The maximum atomic E-state index is 12.6. The minimum atomic E-state index is -0.0174. The number of hydrogen-bond acceptors (Lipinski definition) is 3. The van der Waals surface area contributed by atoms with Gasteiger partial charge in [-0.25, -0.2) is 0 Å². The van der Waals surface area contributed by atoms with Crippen molar-refractivity contribution in [1.29, 1.82) is 0 Å². The summed E-state index contributed by atoms with van der Waals surface area (Å²) in [6, 6.07) is 9.02. The van der Waals surface area contributed by atoms with Gasteiger partial charge in [-0.3, -0.25) is 14.4 Å². The van der Waals surface area contributed by atoms with E-state index in [4.69, 9.17) is 0 Å². The molecule has 1 N–H and O–H groups in total. The van der Waals surface area contributed by atoms with E-state index in [0.717, 1.165) is 48.9 Å². The van der Waals surface area contributed by atoms with E-state index >= 15 is 0 Å². The average Bonchev–Trinajstić information content (AvgIpc) is 2.79. The zero-order valence-corrected chi connectivity index (χ0v) is 15.8. The molecule has 138 valence electrons. The monoisotopic (exact) mass is 352 g/mol. The topological polar surface area (TPSA) is 50.2 Å². The van der Waals surface area contributed by atoms with Gasteiger partial charge in [0.05, 0.1) is 12.2 Å². The van der Waals surface area contributed by atoms with Crippen LogP contribution in [0.5, 0.6) is 0 Å². The number of nitrogens with zero attached hydrogens (tertiary/aromatic N) is 3. The van der Waals surface area contributed by atoms with Crippen LogP contribution in [0, 0.1) is 6.92 Å². The van der Waals surface area contributed by atoms with Crippen molar-refractivity contribution in [2.75, 3.05) is 13.1 Å². The third-order valence-electron chi connectivity index (χ3n) is 5.99. The van der Waals surface area contributed by atoms with Gasteiger partial charge in [0.1, 0.15) is 0 Å². The molecular weight excluding hydrogens is 324 g/mol. The second kappa shape index (κ2) is 7.23. The molecule has 1 saturated carbocycles. The van der Waals surface area contributed by atoms with Crippen LogP contribution in [0.25, 0.3) is 0 Å². The quantitative estimate of drug-likeness (QED) is 0.920. The summed E-state index contributed by atoms with van der Waals surface area (Å²) in [5, 5.41) is 7.39. The second-order valence-electron chi connectivity index (χ2n) is 7.69. The number of hydrogen-bond donors (Lipinski definition) is 1. The Bertz CT molecular complexity index is 787. The molecule has 0 spiro atoms. The van der Waals surface area contributed by atoms with Crippen LogP contribution in [-0.4, -0.2) is 39.7 Å². The standard InChI is InChI=1S/C21H28N4O/c1-15-12-19(23-24(15)2)14-22-21(26)18-7-6-16-8-10-25(20-4-3-5-20)11-9-17(16)13-18/h6-7,12-13,20H,3-5,8-11,14H2,1-2H3,(H,22,26). The zero-order chi connectivity index (χ0) is 18.1. The zero-order valence-electron chi connectivity index (χ0n) is 15.8. The van der Waals surface area contributed by atoms with Gasteiger partial charge in [-0.1, -0.05) is 12.5 Å². The molecule has 4 rings (SSSR count).